The van der Waals surface area contributed by atoms with Gasteiger partial charge in [0.05, 0.1) is 0 Å². The zero-order valence-electron chi connectivity index (χ0n) is 14.4. The quantitative estimate of drug-likeness (QED) is 0.712. The van der Waals surface area contributed by atoms with Crippen LogP contribution in [0.25, 0.3) is 10.9 Å². The van der Waals surface area contributed by atoms with Crippen LogP contribution >= 0.6 is 0 Å². The Morgan fingerprint density at radius 1 is 1.12 bits per heavy atom. The molecule has 0 spiro atoms. The lowest BCUT2D eigenvalue weighted by Gasteiger charge is -2.24. The van der Waals surface area contributed by atoms with Crippen LogP contribution in [0, 0.1) is 0 Å². The maximum Gasteiger partial charge on any atom is 0.410 e. The number of amides is 1. The molecule has 0 aliphatic heterocycles. The van der Waals surface area contributed by atoms with Gasteiger partial charge in [0.25, 0.3) is 0 Å². The summed E-state index contributed by atoms with van der Waals surface area (Å²) in [7, 11) is 1.44. The van der Waals surface area contributed by atoms with Crippen molar-refractivity contribution in [3.63, 3.8) is 0 Å². The second-order valence-corrected chi connectivity index (χ2v) is 6.09. The van der Waals surface area contributed by atoms with Gasteiger partial charge in [0, 0.05) is 24.7 Å². The zero-order valence-corrected chi connectivity index (χ0v) is 14.4. The lowest BCUT2D eigenvalue weighted by Crippen LogP contribution is -2.44. The van der Waals surface area contributed by atoms with E-state index in [4.69, 9.17) is 4.74 Å². The van der Waals surface area contributed by atoms with Gasteiger partial charge in [-0.25, -0.2) is 9.59 Å². The second-order valence-electron chi connectivity index (χ2n) is 6.09. The monoisotopic (exact) mass is 352 g/mol. The molecule has 2 aromatic carbocycles. The van der Waals surface area contributed by atoms with Crippen LogP contribution in [-0.4, -0.2) is 40.1 Å². The molecule has 0 aliphatic rings. The number of nitrogens with zero attached hydrogens (tertiary/aromatic N) is 1. The van der Waals surface area contributed by atoms with Crippen molar-refractivity contribution in [3.05, 3.63) is 71.9 Å². The summed E-state index contributed by atoms with van der Waals surface area (Å²) >= 11 is 0. The van der Waals surface area contributed by atoms with Gasteiger partial charge in [0.1, 0.15) is 12.6 Å². The zero-order chi connectivity index (χ0) is 18.5. The number of carbonyl (C=O) groups excluding carboxylic acids is 1. The number of H-pyrrole nitrogens is 1. The highest BCUT2D eigenvalue weighted by atomic mass is 16.6. The van der Waals surface area contributed by atoms with E-state index < -0.39 is 18.1 Å². The van der Waals surface area contributed by atoms with Crippen LogP contribution in [0.2, 0.25) is 0 Å². The number of carboxylic acid groups (broad SMARTS) is 1. The van der Waals surface area contributed by atoms with Crippen LogP contribution in [0.15, 0.2) is 60.7 Å². The van der Waals surface area contributed by atoms with Gasteiger partial charge in [0.15, 0.2) is 0 Å². The summed E-state index contributed by atoms with van der Waals surface area (Å²) in [5, 5.41) is 10.6. The highest BCUT2D eigenvalue weighted by Gasteiger charge is 2.28. The number of aromatic nitrogens is 1. The SMILES string of the molecule is CN(C(=O)OCc1ccccc1)C(Cc1cc2ccccc2[nH]1)C(=O)O. The molecule has 2 N–H and O–H groups in total. The molecule has 0 saturated carbocycles. The van der Waals surface area contributed by atoms with Crippen LogP contribution in [0.1, 0.15) is 11.3 Å². The number of aliphatic carboxylic acids is 1. The van der Waals surface area contributed by atoms with Gasteiger partial charge in [-0.1, -0.05) is 48.5 Å². The van der Waals surface area contributed by atoms with Gasteiger partial charge in [-0.05, 0) is 23.1 Å². The average Bonchev–Trinajstić information content (AvgIpc) is 3.07. The molecule has 3 rings (SSSR count). The highest BCUT2D eigenvalue weighted by molar-refractivity contribution is 5.82. The van der Waals surface area contributed by atoms with Crippen LogP contribution in [0.3, 0.4) is 0 Å². The van der Waals surface area contributed by atoms with Crippen LogP contribution < -0.4 is 0 Å². The van der Waals surface area contributed by atoms with Crippen molar-refractivity contribution in [1.29, 1.82) is 0 Å². The number of carbonyl (C=O) groups is 2. The van der Waals surface area contributed by atoms with Crippen molar-refractivity contribution in [3.8, 4) is 0 Å². The van der Waals surface area contributed by atoms with Crippen molar-refractivity contribution >= 4 is 23.0 Å². The largest absolute Gasteiger partial charge is 0.480 e. The van der Waals surface area contributed by atoms with Crippen molar-refractivity contribution in [1.82, 2.24) is 9.88 Å². The Hall–Kier alpha value is -3.28. The van der Waals surface area contributed by atoms with Crippen LogP contribution in [0.5, 0.6) is 0 Å². The number of hydrogen-bond donors (Lipinski definition) is 2. The number of carboxylic acids is 1. The van der Waals surface area contributed by atoms with Gasteiger partial charge in [0.2, 0.25) is 0 Å². The van der Waals surface area contributed by atoms with Crippen LogP contribution in [0.4, 0.5) is 4.79 Å². The first kappa shape index (κ1) is 17.5. The average molecular weight is 352 g/mol. The van der Waals surface area contributed by atoms with Gasteiger partial charge >= 0.3 is 12.1 Å². The molecule has 134 valence electrons. The van der Waals surface area contributed by atoms with E-state index in [1.54, 1.807) is 0 Å². The molecule has 3 aromatic rings. The number of fused-ring (bicyclic) bond motifs is 1. The molecule has 6 nitrogen and oxygen atoms in total. The number of benzene rings is 2. The Morgan fingerprint density at radius 3 is 2.50 bits per heavy atom. The predicted molar refractivity (Wildman–Crippen MR) is 97.8 cm³/mol. The van der Waals surface area contributed by atoms with Crippen molar-refractivity contribution < 1.29 is 19.4 Å². The van der Waals surface area contributed by atoms with Gasteiger partial charge in [-0.15, -0.1) is 0 Å². The molecule has 0 aliphatic carbocycles. The maximum atomic E-state index is 12.3. The third-order valence-electron chi connectivity index (χ3n) is 4.24. The van der Waals surface area contributed by atoms with E-state index in [0.29, 0.717) is 0 Å². The summed E-state index contributed by atoms with van der Waals surface area (Å²) in [4.78, 5) is 28.2. The van der Waals surface area contributed by atoms with Gasteiger partial charge in [-0.2, -0.15) is 0 Å². The summed E-state index contributed by atoms with van der Waals surface area (Å²) < 4.78 is 5.23. The fourth-order valence-electron chi connectivity index (χ4n) is 2.79. The van der Waals surface area contributed by atoms with E-state index in [9.17, 15) is 14.7 Å². The molecular weight excluding hydrogens is 332 g/mol. The minimum Gasteiger partial charge on any atom is -0.480 e. The molecule has 1 heterocycles. The summed E-state index contributed by atoms with van der Waals surface area (Å²) in [5.74, 6) is -1.08. The normalized spacial score (nSPS) is 11.9. The van der Waals surface area contributed by atoms with E-state index in [1.807, 2.05) is 60.7 Å². The molecule has 0 saturated heterocycles. The first-order chi connectivity index (χ1) is 12.5. The molecular formula is C20H20N2O4. The molecule has 0 bridgehead atoms. The van der Waals surface area contributed by atoms with Gasteiger partial charge < -0.3 is 14.8 Å². The Labute approximate surface area is 151 Å². The Kier molecular flexibility index (Phi) is 5.22. The molecule has 0 radical (unpaired) electrons. The van der Waals surface area contributed by atoms with E-state index in [-0.39, 0.29) is 13.0 Å². The topological polar surface area (TPSA) is 82.6 Å². The first-order valence-corrected chi connectivity index (χ1v) is 8.27. The third-order valence-corrected chi connectivity index (χ3v) is 4.24. The number of hydrogen-bond acceptors (Lipinski definition) is 3. The Bertz CT molecular complexity index is 871. The lowest BCUT2D eigenvalue weighted by molar-refractivity contribution is -0.142. The fraction of sp³-hybridized carbons (Fsp3) is 0.200. The number of para-hydroxylation sites is 1. The number of likely N-dealkylation sites (N-methyl/N-ethyl adjacent to an activating group) is 1. The Morgan fingerprint density at radius 2 is 1.81 bits per heavy atom. The molecule has 1 unspecified atom stereocenters. The minimum atomic E-state index is -1.08. The van der Waals surface area contributed by atoms with Crippen molar-refractivity contribution in [2.75, 3.05) is 7.05 Å². The van der Waals surface area contributed by atoms with Crippen molar-refractivity contribution in [2.45, 2.75) is 19.1 Å². The summed E-state index contributed by atoms with van der Waals surface area (Å²) in [5.41, 5.74) is 2.53. The first-order valence-electron chi connectivity index (χ1n) is 8.27. The maximum absolute atomic E-state index is 12.3. The number of ether oxygens (including phenoxy) is 1. The highest BCUT2D eigenvalue weighted by Crippen LogP contribution is 2.17. The van der Waals surface area contributed by atoms with Crippen LogP contribution in [-0.2, 0) is 22.6 Å². The second kappa shape index (κ2) is 7.74. The fourth-order valence-corrected chi connectivity index (χ4v) is 2.79. The third kappa shape index (κ3) is 4.03. The molecule has 1 amide bonds. The number of aromatic amines is 1. The van der Waals surface area contributed by atoms with E-state index in [2.05, 4.69) is 4.98 Å². The van der Waals surface area contributed by atoms with E-state index in [0.717, 1.165) is 27.1 Å². The number of nitrogens with one attached hydrogen (secondary N) is 1. The summed E-state index contributed by atoms with van der Waals surface area (Å²) in [6.45, 7) is 0.0999. The van der Waals surface area contributed by atoms with Crippen molar-refractivity contribution in [2.24, 2.45) is 0 Å². The molecule has 1 atom stereocenters. The Balaban J connectivity index is 1.67. The molecule has 0 fully saturated rings. The smallest absolute Gasteiger partial charge is 0.410 e. The van der Waals surface area contributed by atoms with Gasteiger partial charge in [-0.3, -0.25) is 4.90 Å². The summed E-state index contributed by atoms with van der Waals surface area (Å²) in [6.07, 6.45) is -0.501. The van der Waals surface area contributed by atoms with E-state index in [1.165, 1.54) is 7.05 Å². The molecule has 26 heavy (non-hydrogen) atoms. The standard InChI is InChI=1S/C20H20N2O4/c1-22(20(25)26-13-14-7-3-2-4-8-14)18(19(23)24)12-16-11-15-9-5-6-10-17(15)21-16/h2-11,18,21H,12-13H2,1H3,(H,23,24). The molecule has 1 aromatic heterocycles. The van der Waals surface area contributed by atoms with E-state index >= 15 is 0 Å². The number of rotatable bonds is 6. The minimum absolute atomic E-state index is 0.0999. The summed E-state index contributed by atoms with van der Waals surface area (Å²) in [6, 6.07) is 17.8. The predicted octanol–water partition coefficient (Wildman–Crippen LogP) is 3.43. The molecule has 6 heteroatoms. The lowest BCUT2D eigenvalue weighted by atomic mass is 10.1.